The van der Waals surface area contributed by atoms with Crippen molar-refractivity contribution < 1.29 is 9.13 Å². The second kappa shape index (κ2) is 9.70. The molecule has 0 spiro atoms. The van der Waals surface area contributed by atoms with E-state index in [-0.39, 0.29) is 5.30 Å². The molecule has 0 aliphatic carbocycles. The van der Waals surface area contributed by atoms with Crippen LogP contribution in [0, 0.1) is 13.8 Å². The minimum absolute atomic E-state index is 0.152. The van der Waals surface area contributed by atoms with Gasteiger partial charge in [0.15, 0.2) is 7.14 Å². The average Bonchev–Trinajstić information content (AvgIpc) is 2.91. The van der Waals surface area contributed by atoms with Crippen molar-refractivity contribution in [2.45, 2.75) is 13.8 Å². The number of aromatic nitrogens is 2. The Hall–Kier alpha value is -3.78. The fourth-order valence-electron chi connectivity index (χ4n) is 4.46. The molecule has 36 heavy (non-hydrogen) atoms. The van der Waals surface area contributed by atoms with Gasteiger partial charge in [-0.25, -0.2) is 0 Å². The molecule has 178 valence electrons. The molecule has 1 unspecified atom stereocenters. The van der Waals surface area contributed by atoms with Crippen molar-refractivity contribution in [1.82, 2.24) is 8.66 Å². The van der Waals surface area contributed by atoms with Gasteiger partial charge in [-0.05, 0) is 42.7 Å². The third kappa shape index (κ3) is 4.01. The number of benzene rings is 4. The highest BCUT2D eigenvalue weighted by Crippen LogP contribution is 2.43. The predicted molar refractivity (Wildman–Crippen MR) is 148 cm³/mol. The highest BCUT2D eigenvalue weighted by atomic mass is 31.2. The average molecular weight is 511 g/mol. The van der Waals surface area contributed by atoms with Crippen LogP contribution in [0.4, 0.5) is 0 Å². The lowest BCUT2D eigenvalue weighted by atomic mass is 10.2. The fraction of sp³-hybridized carbons (Fsp3) is 0.0690. The van der Waals surface area contributed by atoms with Gasteiger partial charge in [-0.15, -0.1) is 4.33 Å². The first-order chi connectivity index (χ1) is 17.4. The van der Waals surface area contributed by atoms with Crippen molar-refractivity contribution in [2.75, 3.05) is 0 Å². The zero-order valence-electron chi connectivity index (χ0n) is 20.0. The SMILES string of the molecule is Cc1ccc(-n2c(C)c(P(=O)(c3ccccc3)c3ccccc3)c(=O)n(-c3ccccc3)[p+]2=O)cc1. The Morgan fingerprint density at radius 2 is 1.06 bits per heavy atom. The standard InChI is InChI=1S/C29H25N2O3P2/c1-22-18-20-25(21-19-22)30-23(2)28(29(32)31(35(30)33)24-12-6-3-7-13-24)36(34,26-14-8-4-9-15-26)27-16-10-5-11-17-27/h3-21H,1-2H3/q+1. The summed E-state index contributed by atoms with van der Waals surface area (Å²) in [6, 6.07) is 34.7. The van der Waals surface area contributed by atoms with E-state index in [1.165, 1.54) is 4.33 Å². The van der Waals surface area contributed by atoms with Crippen LogP contribution in [-0.4, -0.2) is 8.66 Å². The Morgan fingerprint density at radius 1 is 0.611 bits per heavy atom. The Morgan fingerprint density at radius 3 is 1.56 bits per heavy atom. The van der Waals surface area contributed by atoms with E-state index in [0.717, 1.165) is 5.56 Å². The Kier molecular flexibility index (Phi) is 6.45. The van der Waals surface area contributed by atoms with Crippen LogP contribution in [0.5, 0.6) is 0 Å². The smallest absolute Gasteiger partial charge is 0.308 e. The molecule has 0 aliphatic rings. The van der Waals surface area contributed by atoms with Crippen LogP contribution in [0.1, 0.15) is 11.3 Å². The van der Waals surface area contributed by atoms with Crippen molar-refractivity contribution in [3.63, 3.8) is 0 Å². The molecular weight excluding hydrogens is 486 g/mol. The van der Waals surface area contributed by atoms with Gasteiger partial charge in [0, 0.05) is 10.6 Å². The van der Waals surface area contributed by atoms with E-state index >= 15 is 4.57 Å². The van der Waals surface area contributed by atoms with Crippen LogP contribution in [0.3, 0.4) is 0 Å². The predicted octanol–water partition coefficient (Wildman–Crippen LogP) is 5.63. The first-order valence-corrected chi connectivity index (χ1v) is 14.5. The van der Waals surface area contributed by atoms with Crippen LogP contribution in [-0.2, 0) is 9.13 Å². The Balaban J connectivity index is 1.98. The van der Waals surface area contributed by atoms with E-state index < -0.39 is 20.4 Å². The van der Waals surface area contributed by atoms with E-state index in [9.17, 15) is 9.36 Å². The van der Waals surface area contributed by atoms with Crippen LogP contribution < -0.4 is 21.5 Å². The minimum Gasteiger partial charge on any atom is -0.308 e. The number of aryl methyl sites for hydroxylation is 1. The van der Waals surface area contributed by atoms with E-state index in [4.69, 9.17) is 0 Å². The molecule has 1 heterocycles. The van der Waals surface area contributed by atoms with E-state index in [1.54, 1.807) is 59.8 Å². The first kappa shape index (κ1) is 23.9. The van der Waals surface area contributed by atoms with Crippen LogP contribution in [0.25, 0.3) is 11.4 Å². The second-order valence-electron chi connectivity index (χ2n) is 8.57. The third-order valence-electron chi connectivity index (χ3n) is 6.23. The maximum atomic E-state index is 15.3. The first-order valence-electron chi connectivity index (χ1n) is 11.6. The lowest BCUT2D eigenvalue weighted by Gasteiger charge is -2.21. The molecule has 1 atom stereocenters. The van der Waals surface area contributed by atoms with Gasteiger partial charge in [0.2, 0.25) is 0 Å². The monoisotopic (exact) mass is 511 g/mol. The molecule has 0 N–H and O–H groups in total. The maximum absolute atomic E-state index is 15.3. The lowest BCUT2D eigenvalue weighted by Crippen LogP contribution is -2.41. The van der Waals surface area contributed by atoms with E-state index in [1.807, 2.05) is 73.7 Å². The number of nitrogens with zero attached hydrogens (tertiary/aromatic N) is 2. The summed E-state index contributed by atoms with van der Waals surface area (Å²) >= 11 is 0. The van der Waals surface area contributed by atoms with Crippen LogP contribution in [0.15, 0.2) is 120 Å². The summed E-state index contributed by atoms with van der Waals surface area (Å²) in [4.78, 5) is 14.3. The number of rotatable bonds is 5. The largest absolute Gasteiger partial charge is 0.608 e. The highest BCUT2D eigenvalue weighted by Gasteiger charge is 2.40. The molecule has 5 rings (SSSR count). The summed E-state index contributed by atoms with van der Waals surface area (Å²) in [6.07, 6.45) is 0. The summed E-state index contributed by atoms with van der Waals surface area (Å²) in [6.45, 7) is 3.72. The van der Waals surface area contributed by atoms with Crippen molar-refractivity contribution in [3.05, 3.63) is 137 Å². The van der Waals surface area contributed by atoms with Gasteiger partial charge < -0.3 is 4.57 Å². The molecule has 4 aromatic carbocycles. The molecule has 0 aliphatic heterocycles. The molecule has 7 heteroatoms. The quantitative estimate of drug-likeness (QED) is 0.288. The third-order valence-corrected chi connectivity index (χ3v) is 11.1. The molecule has 5 aromatic rings. The van der Waals surface area contributed by atoms with Crippen molar-refractivity contribution in [1.29, 1.82) is 0 Å². The van der Waals surface area contributed by atoms with E-state index in [2.05, 4.69) is 0 Å². The molecule has 0 bridgehead atoms. The highest BCUT2D eigenvalue weighted by molar-refractivity contribution is 7.85. The molecule has 1 aromatic heterocycles. The summed E-state index contributed by atoms with van der Waals surface area (Å²) in [5, 5.41) is 1.25. The van der Waals surface area contributed by atoms with Gasteiger partial charge in [-0.1, -0.05) is 101 Å². The summed E-state index contributed by atoms with van der Waals surface area (Å²) in [7, 11) is -6.03. The van der Waals surface area contributed by atoms with E-state index in [0.29, 0.717) is 27.7 Å². The Bertz CT molecular complexity index is 1650. The summed E-state index contributed by atoms with van der Waals surface area (Å²) in [5.74, 6) is 0. The van der Waals surface area contributed by atoms with Gasteiger partial charge in [-0.2, -0.15) is 0 Å². The summed E-state index contributed by atoms with van der Waals surface area (Å²) < 4.78 is 32.2. The molecule has 0 radical (unpaired) electrons. The number of hydrogen-bond donors (Lipinski definition) is 0. The molecular formula is C29H25N2O3P2+. The second-order valence-corrected chi connectivity index (χ2v) is 12.6. The molecule has 0 fully saturated rings. The zero-order chi connectivity index (χ0) is 25.3. The molecule has 0 amide bonds. The molecule has 0 saturated heterocycles. The zero-order valence-corrected chi connectivity index (χ0v) is 21.8. The molecule has 0 saturated carbocycles. The van der Waals surface area contributed by atoms with Crippen molar-refractivity contribution >= 4 is 30.8 Å². The van der Waals surface area contributed by atoms with Gasteiger partial charge in [0.05, 0.1) is 17.1 Å². The fourth-order valence-corrected chi connectivity index (χ4v) is 8.99. The lowest BCUT2D eigenvalue weighted by molar-refractivity contribution is 0.584. The van der Waals surface area contributed by atoms with Crippen molar-refractivity contribution in [2.24, 2.45) is 0 Å². The molecule has 5 nitrogen and oxygen atoms in total. The minimum atomic E-state index is -3.65. The normalized spacial score (nSPS) is 11.9. The van der Waals surface area contributed by atoms with Crippen LogP contribution in [0.2, 0.25) is 0 Å². The van der Waals surface area contributed by atoms with Gasteiger partial charge >= 0.3 is 13.3 Å². The van der Waals surface area contributed by atoms with Gasteiger partial charge in [-0.3, -0.25) is 4.79 Å². The van der Waals surface area contributed by atoms with Crippen LogP contribution >= 0.6 is 14.9 Å². The topological polar surface area (TPSA) is 61.1 Å². The maximum Gasteiger partial charge on any atom is 0.608 e. The van der Waals surface area contributed by atoms with Gasteiger partial charge in [0.25, 0.3) is 0 Å². The van der Waals surface area contributed by atoms with Crippen molar-refractivity contribution in [3.8, 4) is 11.4 Å². The summed E-state index contributed by atoms with van der Waals surface area (Å²) in [5.41, 5.74) is 2.12. The number of hydrogen-bond acceptors (Lipinski definition) is 3. The Labute approximate surface area is 210 Å². The number of para-hydroxylation sites is 1. The van der Waals surface area contributed by atoms with Gasteiger partial charge in [0.1, 0.15) is 5.30 Å².